The molecule has 1 aliphatic heterocycles. The fourth-order valence-corrected chi connectivity index (χ4v) is 3.83. The lowest BCUT2D eigenvalue weighted by atomic mass is 10.2. The molecule has 154 valence electrons. The molecule has 4 rings (SSSR count). The molecule has 1 saturated heterocycles. The first-order chi connectivity index (χ1) is 14.0. The van der Waals surface area contributed by atoms with Gasteiger partial charge in [0, 0.05) is 31.0 Å². The molecule has 0 spiro atoms. The van der Waals surface area contributed by atoms with Crippen LogP contribution in [0.3, 0.4) is 0 Å². The van der Waals surface area contributed by atoms with Crippen molar-refractivity contribution in [3.8, 4) is 0 Å². The number of benzene rings is 1. The third-order valence-corrected chi connectivity index (χ3v) is 5.27. The first-order valence-corrected chi connectivity index (χ1v) is 10.2. The van der Waals surface area contributed by atoms with Crippen LogP contribution in [0.2, 0.25) is 0 Å². The third-order valence-electron chi connectivity index (χ3n) is 5.27. The zero-order valence-corrected chi connectivity index (χ0v) is 16.8. The van der Waals surface area contributed by atoms with E-state index in [2.05, 4.69) is 10.3 Å². The predicted octanol–water partition coefficient (Wildman–Crippen LogP) is 4.03. The van der Waals surface area contributed by atoms with E-state index in [1.54, 1.807) is 23.2 Å². The molecule has 2 fully saturated rings. The average molecular weight is 398 g/mol. The number of amides is 2. The Hall–Kier alpha value is -2.67. The van der Waals surface area contributed by atoms with E-state index in [4.69, 9.17) is 4.74 Å². The Morgan fingerprint density at radius 2 is 2.00 bits per heavy atom. The summed E-state index contributed by atoms with van der Waals surface area (Å²) in [4.78, 5) is 20.9. The second-order valence-electron chi connectivity index (χ2n) is 7.94. The minimum absolute atomic E-state index is 0.0521. The van der Waals surface area contributed by atoms with Crippen molar-refractivity contribution in [2.24, 2.45) is 0 Å². The van der Waals surface area contributed by atoms with Gasteiger partial charge < -0.3 is 19.9 Å². The SMILES string of the molecule is CC1CN(c2ccc(NC(=O)N(Cc3ccccn3)C3CC3)cc2F)CC(C)O1. The summed E-state index contributed by atoms with van der Waals surface area (Å²) in [6.45, 7) is 5.72. The number of urea groups is 1. The van der Waals surface area contributed by atoms with Crippen molar-refractivity contribution in [2.75, 3.05) is 23.3 Å². The van der Waals surface area contributed by atoms with Gasteiger partial charge >= 0.3 is 6.03 Å². The topological polar surface area (TPSA) is 57.7 Å². The number of ether oxygens (including phenoxy) is 1. The quantitative estimate of drug-likeness (QED) is 0.826. The fourth-order valence-electron chi connectivity index (χ4n) is 3.83. The van der Waals surface area contributed by atoms with E-state index in [0.717, 1.165) is 18.5 Å². The zero-order valence-electron chi connectivity index (χ0n) is 16.8. The van der Waals surface area contributed by atoms with Gasteiger partial charge in [0.1, 0.15) is 5.82 Å². The number of nitrogens with one attached hydrogen (secondary N) is 1. The van der Waals surface area contributed by atoms with Gasteiger partial charge in [0.15, 0.2) is 0 Å². The predicted molar refractivity (Wildman–Crippen MR) is 110 cm³/mol. The van der Waals surface area contributed by atoms with E-state index in [1.807, 2.05) is 36.9 Å². The molecule has 0 radical (unpaired) electrons. The van der Waals surface area contributed by atoms with Gasteiger partial charge in [-0.2, -0.15) is 0 Å². The molecule has 1 N–H and O–H groups in total. The van der Waals surface area contributed by atoms with Crippen molar-refractivity contribution in [2.45, 2.75) is 51.5 Å². The minimum atomic E-state index is -0.341. The van der Waals surface area contributed by atoms with Crippen molar-refractivity contribution in [1.82, 2.24) is 9.88 Å². The maximum atomic E-state index is 14.8. The van der Waals surface area contributed by atoms with Crippen molar-refractivity contribution >= 4 is 17.4 Å². The number of rotatable bonds is 5. The number of hydrogen-bond donors (Lipinski definition) is 1. The Kier molecular flexibility index (Phi) is 5.67. The Bertz CT molecular complexity index is 849. The summed E-state index contributed by atoms with van der Waals surface area (Å²) in [5, 5.41) is 2.85. The summed E-state index contributed by atoms with van der Waals surface area (Å²) in [5.74, 6) is -0.341. The number of nitrogens with zero attached hydrogens (tertiary/aromatic N) is 3. The van der Waals surface area contributed by atoms with Crippen molar-refractivity contribution < 1.29 is 13.9 Å². The smallest absolute Gasteiger partial charge is 0.322 e. The van der Waals surface area contributed by atoms with Crippen LogP contribution in [0.5, 0.6) is 0 Å². The zero-order chi connectivity index (χ0) is 20.4. The van der Waals surface area contributed by atoms with Crippen LogP contribution in [0.25, 0.3) is 0 Å². The number of morpholine rings is 1. The van der Waals surface area contributed by atoms with E-state index in [0.29, 0.717) is 31.0 Å². The van der Waals surface area contributed by atoms with Crippen LogP contribution in [0.1, 0.15) is 32.4 Å². The third kappa shape index (κ3) is 4.85. The Labute approximate surface area is 170 Å². The molecule has 2 heterocycles. The number of halogens is 1. The van der Waals surface area contributed by atoms with Gasteiger partial charge in [-0.1, -0.05) is 6.07 Å². The molecule has 2 aliphatic rings. The van der Waals surface area contributed by atoms with Crippen molar-refractivity contribution in [1.29, 1.82) is 0 Å². The van der Waals surface area contributed by atoms with Crippen LogP contribution < -0.4 is 10.2 Å². The molecular formula is C22H27FN4O2. The highest BCUT2D eigenvalue weighted by molar-refractivity contribution is 5.90. The Balaban J connectivity index is 1.44. The number of hydrogen-bond acceptors (Lipinski definition) is 4. The van der Waals surface area contributed by atoms with Gasteiger partial charge in [-0.15, -0.1) is 0 Å². The molecule has 7 heteroatoms. The monoisotopic (exact) mass is 398 g/mol. The number of aromatic nitrogens is 1. The lowest BCUT2D eigenvalue weighted by Gasteiger charge is -2.37. The summed E-state index contributed by atoms with van der Waals surface area (Å²) in [6, 6.07) is 10.5. The van der Waals surface area contributed by atoms with E-state index >= 15 is 0 Å². The molecule has 2 aromatic rings. The molecule has 2 atom stereocenters. The minimum Gasteiger partial charge on any atom is -0.372 e. The van der Waals surface area contributed by atoms with Crippen LogP contribution in [0, 0.1) is 5.82 Å². The molecule has 2 amide bonds. The molecule has 1 saturated carbocycles. The molecule has 0 bridgehead atoms. The van der Waals surface area contributed by atoms with E-state index in [1.165, 1.54) is 6.07 Å². The second-order valence-corrected chi connectivity index (χ2v) is 7.94. The van der Waals surface area contributed by atoms with Crippen molar-refractivity contribution in [3.63, 3.8) is 0 Å². The van der Waals surface area contributed by atoms with Gasteiger partial charge in [-0.25, -0.2) is 9.18 Å². The Morgan fingerprint density at radius 3 is 2.62 bits per heavy atom. The van der Waals surface area contributed by atoms with Crippen LogP contribution in [0.4, 0.5) is 20.6 Å². The number of carbonyl (C=O) groups is 1. The van der Waals surface area contributed by atoms with E-state index in [-0.39, 0.29) is 30.1 Å². The number of carbonyl (C=O) groups excluding carboxylic acids is 1. The van der Waals surface area contributed by atoms with Crippen LogP contribution in [-0.2, 0) is 11.3 Å². The lowest BCUT2D eigenvalue weighted by molar-refractivity contribution is -0.00539. The normalized spacial score (nSPS) is 21.7. The molecule has 1 aromatic carbocycles. The highest BCUT2D eigenvalue weighted by Gasteiger charge is 2.33. The number of anilines is 2. The maximum absolute atomic E-state index is 14.8. The van der Waals surface area contributed by atoms with E-state index < -0.39 is 0 Å². The van der Waals surface area contributed by atoms with Crippen molar-refractivity contribution in [3.05, 3.63) is 54.1 Å². The fraction of sp³-hybridized carbons (Fsp3) is 0.455. The second kappa shape index (κ2) is 8.37. The molecule has 29 heavy (non-hydrogen) atoms. The Morgan fingerprint density at radius 1 is 1.24 bits per heavy atom. The summed E-state index contributed by atoms with van der Waals surface area (Å²) in [7, 11) is 0. The lowest BCUT2D eigenvalue weighted by Crippen LogP contribution is -2.45. The summed E-state index contributed by atoms with van der Waals surface area (Å²) in [5.41, 5.74) is 1.83. The first-order valence-electron chi connectivity index (χ1n) is 10.2. The maximum Gasteiger partial charge on any atom is 0.322 e. The average Bonchev–Trinajstić information content (AvgIpc) is 3.51. The highest BCUT2D eigenvalue weighted by Crippen LogP contribution is 2.30. The van der Waals surface area contributed by atoms with Crippen LogP contribution in [-0.4, -0.2) is 47.3 Å². The van der Waals surface area contributed by atoms with Gasteiger partial charge in [-0.05, 0) is 57.0 Å². The summed E-state index contributed by atoms with van der Waals surface area (Å²) >= 11 is 0. The first kappa shape index (κ1) is 19.6. The van der Waals surface area contributed by atoms with Gasteiger partial charge in [0.05, 0.1) is 30.1 Å². The highest BCUT2D eigenvalue weighted by atomic mass is 19.1. The van der Waals surface area contributed by atoms with Crippen LogP contribution in [0.15, 0.2) is 42.6 Å². The number of pyridine rings is 1. The van der Waals surface area contributed by atoms with Crippen LogP contribution >= 0.6 is 0 Å². The van der Waals surface area contributed by atoms with Gasteiger partial charge in [0.25, 0.3) is 0 Å². The molecular weight excluding hydrogens is 371 g/mol. The molecule has 1 aliphatic carbocycles. The molecule has 6 nitrogen and oxygen atoms in total. The summed E-state index contributed by atoms with van der Waals surface area (Å²) < 4.78 is 20.5. The molecule has 1 aromatic heterocycles. The standard InChI is InChI=1S/C22H27FN4O2/c1-15-12-26(13-16(2)29-15)21-9-6-17(11-20(21)23)25-22(28)27(19-7-8-19)14-18-5-3-4-10-24-18/h3-6,9-11,15-16,19H,7-8,12-14H2,1-2H3,(H,25,28). The van der Waals surface area contributed by atoms with Gasteiger partial charge in [0.2, 0.25) is 0 Å². The van der Waals surface area contributed by atoms with Gasteiger partial charge in [-0.3, -0.25) is 4.98 Å². The molecule has 2 unspecified atom stereocenters. The largest absolute Gasteiger partial charge is 0.372 e. The van der Waals surface area contributed by atoms with E-state index in [9.17, 15) is 9.18 Å². The summed E-state index contributed by atoms with van der Waals surface area (Å²) in [6.07, 6.45) is 3.80.